The van der Waals surface area contributed by atoms with Crippen molar-refractivity contribution in [1.82, 2.24) is 9.78 Å². The zero-order chi connectivity index (χ0) is 18.3. The van der Waals surface area contributed by atoms with E-state index in [1.165, 1.54) is 0 Å². The van der Waals surface area contributed by atoms with E-state index in [1.807, 2.05) is 16.4 Å². The summed E-state index contributed by atoms with van der Waals surface area (Å²) < 4.78 is 1.85. The molecule has 0 saturated carbocycles. The topological polar surface area (TPSA) is 46.9 Å². The van der Waals surface area contributed by atoms with Crippen molar-refractivity contribution in [1.29, 1.82) is 0 Å². The van der Waals surface area contributed by atoms with Crippen molar-refractivity contribution in [3.8, 4) is 5.69 Å². The number of anilines is 1. The molecule has 0 saturated heterocycles. The lowest BCUT2D eigenvalue weighted by Crippen LogP contribution is -2.16. The largest absolute Gasteiger partial charge is 0.306 e. The number of hydrogen-bond donors (Lipinski definition) is 1. The number of hydrogen-bond acceptors (Lipinski definition) is 3. The predicted octanol–water partition coefficient (Wildman–Crippen LogP) is 5.14. The van der Waals surface area contributed by atoms with E-state index in [-0.39, 0.29) is 5.91 Å². The fraction of sp³-hybridized carbons (Fsp3) is 0.200. The maximum atomic E-state index is 12.8. The van der Waals surface area contributed by atoms with E-state index in [0.717, 1.165) is 45.4 Å². The summed E-state index contributed by atoms with van der Waals surface area (Å²) in [7, 11) is 0. The van der Waals surface area contributed by atoms with Crippen LogP contribution in [0.15, 0.2) is 42.5 Å². The smallest absolute Gasteiger partial charge is 0.256 e. The first-order chi connectivity index (χ1) is 12.5. The second-order valence-corrected chi connectivity index (χ2v) is 7.91. The zero-order valence-electron chi connectivity index (χ0n) is 14.5. The van der Waals surface area contributed by atoms with Gasteiger partial charge in [-0.1, -0.05) is 23.7 Å². The van der Waals surface area contributed by atoms with Gasteiger partial charge in [0.2, 0.25) is 0 Å². The standard InChI is InChI=1S/C20H18ClN3OS/c1-12-6-13(2)8-16(7-12)24-19(17-10-26-11-18(17)23-24)22-20(25)14-4-3-5-15(21)9-14/h3-9H,10-11H2,1-2H3,(H,22,25). The molecule has 2 heterocycles. The van der Waals surface area contributed by atoms with Gasteiger partial charge in [-0.25, -0.2) is 4.68 Å². The molecule has 0 bridgehead atoms. The number of benzene rings is 2. The monoisotopic (exact) mass is 383 g/mol. The average Bonchev–Trinajstić information content (AvgIpc) is 3.16. The van der Waals surface area contributed by atoms with Crippen LogP contribution in [0.2, 0.25) is 5.02 Å². The molecule has 0 fully saturated rings. The SMILES string of the molecule is Cc1cc(C)cc(-n2nc3c(c2NC(=O)c2cccc(Cl)c2)CSC3)c1. The van der Waals surface area contributed by atoms with Gasteiger partial charge in [0.05, 0.1) is 11.4 Å². The van der Waals surface area contributed by atoms with Gasteiger partial charge in [-0.3, -0.25) is 4.79 Å². The van der Waals surface area contributed by atoms with Crippen molar-refractivity contribution in [3.63, 3.8) is 0 Å². The van der Waals surface area contributed by atoms with Crippen molar-refractivity contribution >= 4 is 35.1 Å². The number of carbonyl (C=O) groups excluding carboxylic acids is 1. The Hall–Kier alpha value is -2.24. The molecule has 0 aliphatic carbocycles. The molecular formula is C20H18ClN3OS. The molecule has 3 aromatic rings. The highest BCUT2D eigenvalue weighted by atomic mass is 35.5. The van der Waals surface area contributed by atoms with Gasteiger partial charge in [0.1, 0.15) is 5.82 Å². The Labute approximate surface area is 161 Å². The van der Waals surface area contributed by atoms with Crippen LogP contribution in [-0.2, 0) is 11.5 Å². The van der Waals surface area contributed by atoms with Crippen LogP contribution in [0, 0.1) is 13.8 Å². The lowest BCUT2D eigenvalue weighted by atomic mass is 10.1. The fourth-order valence-electron chi connectivity index (χ4n) is 3.21. The molecule has 1 N–H and O–H groups in total. The number of nitrogens with zero attached hydrogens (tertiary/aromatic N) is 2. The number of fused-ring (bicyclic) bond motifs is 1. The van der Waals surface area contributed by atoms with Crippen LogP contribution >= 0.6 is 23.4 Å². The summed E-state index contributed by atoms with van der Waals surface area (Å²) in [6, 6.07) is 13.2. The van der Waals surface area contributed by atoms with Crippen molar-refractivity contribution in [2.24, 2.45) is 0 Å². The highest BCUT2D eigenvalue weighted by molar-refractivity contribution is 7.98. The summed E-state index contributed by atoms with van der Waals surface area (Å²) in [5, 5.41) is 8.37. The number of halogens is 1. The lowest BCUT2D eigenvalue weighted by Gasteiger charge is -2.12. The van der Waals surface area contributed by atoms with E-state index in [9.17, 15) is 4.79 Å². The van der Waals surface area contributed by atoms with Gasteiger partial charge in [-0.2, -0.15) is 16.9 Å². The van der Waals surface area contributed by atoms with E-state index in [4.69, 9.17) is 16.7 Å². The van der Waals surface area contributed by atoms with Crippen LogP contribution in [-0.4, -0.2) is 15.7 Å². The number of nitrogens with one attached hydrogen (secondary N) is 1. The summed E-state index contributed by atoms with van der Waals surface area (Å²) >= 11 is 7.84. The third kappa shape index (κ3) is 3.24. The number of rotatable bonds is 3. The molecule has 0 spiro atoms. The van der Waals surface area contributed by atoms with Crippen LogP contribution in [0.25, 0.3) is 5.69 Å². The van der Waals surface area contributed by atoms with Gasteiger partial charge in [-0.05, 0) is 55.3 Å². The molecule has 0 atom stereocenters. The first kappa shape index (κ1) is 17.2. The van der Waals surface area contributed by atoms with Crippen molar-refractivity contribution in [2.45, 2.75) is 25.4 Å². The second-order valence-electron chi connectivity index (χ2n) is 6.49. The molecule has 132 valence electrons. The van der Waals surface area contributed by atoms with Gasteiger partial charge in [0, 0.05) is 27.7 Å². The van der Waals surface area contributed by atoms with Gasteiger partial charge in [-0.15, -0.1) is 0 Å². The van der Waals surface area contributed by atoms with Crippen molar-refractivity contribution < 1.29 is 4.79 Å². The van der Waals surface area contributed by atoms with Gasteiger partial charge in [0.25, 0.3) is 5.91 Å². The van der Waals surface area contributed by atoms with Crippen LogP contribution in [0.1, 0.15) is 32.7 Å². The first-order valence-electron chi connectivity index (χ1n) is 8.35. The Kier molecular flexibility index (Phi) is 4.51. The predicted molar refractivity (Wildman–Crippen MR) is 107 cm³/mol. The van der Waals surface area contributed by atoms with E-state index < -0.39 is 0 Å². The molecular weight excluding hydrogens is 366 g/mol. The summed E-state index contributed by atoms with van der Waals surface area (Å²) in [6.07, 6.45) is 0. The Morgan fingerprint density at radius 1 is 1.15 bits per heavy atom. The quantitative estimate of drug-likeness (QED) is 0.681. The normalized spacial score (nSPS) is 12.9. The fourth-order valence-corrected chi connectivity index (χ4v) is 4.44. The maximum absolute atomic E-state index is 12.8. The highest BCUT2D eigenvalue weighted by Crippen LogP contribution is 2.36. The molecule has 6 heteroatoms. The molecule has 4 rings (SSSR count). The van der Waals surface area contributed by atoms with Crippen molar-refractivity contribution in [3.05, 3.63) is 75.4 Å². The van der Waals surface area contributed by atoms with Gasteiger partial charge < -0.3 is 5.32 Å². The molecule has 4 nitrogen and oxygen atoms in total. The van der Waals surface area contributed by atoms with E-state index in [0.29, 0.717) is 10.6 Å². The summed E-state index contributed by atoms with van der Waals surface area (Å²) in [6.45, 7) is 4.13. The molecule has 1 aliphatic heterocycles. The zero-order valence-corrected chi connectivity index (χ0v) is 16.1. The van der Waals surface area contributed by atoms with Crippen LogP contribution in [0.4, 0.5) is 5.82 Å². The molecule has 1 aromatic heterocycles. The van der Waals surface area contributed by atoms with Gasteiger partial charge in [0.15, 0.2) is 0 Å². The summed E-state index contributed by atoms with van der Waals surface area (Å²) in [5.74, 6) is 2.29. The molecule has 0 radical (unpaired) electrons. The van der Waals surface area contributed by atoms with Crippen LogP contribution in [0.5, 0.6) is 0 Å². The Balaban J connectivity index is 1.77. The minimum Gasteiger partial charge on any atom is -0.306 e. The van der Waals surface area contributed by atoms with E-state index in [2.05, 4.69) is 37.4 Å². The number of thioether (sulfide) groups is 1. The van der Waals surface area contributed by atoms with Crippen LogP contribution < -0.4 is 5.32 Å². The summed E-state index contributed by atoms with van der Waals surface area (Å²) in [4.78, 5) is 12.8. The maximum Gasteiger partial charge on any atom is 0.256 e. The molecule has 1 amide bonds. The first-order valence-corrected chi connectivity index (χ1v) is 9.88. The van der Waals surface area contributed by atoms with Crippen LogP contribution in [0.3, 0.4) is 0 Å². The van der Waals surface area contributed by atoms with E-state index in [1.54, 1.807) is 24.3 Å². The molecule has 1 aliphatic rings. The minimum atomic E-state index is -0.183. The van der Waals surface area contributed by atoms with Gasteiger partial charge >= 0.3 is 0 Å². The van der Waals surface area contributed by atoms with Crippen molar-refractivity contribution in [2.75, 3.05) is 5.32 Å². The highest BCUT2D eigenvalue weighted by Gasteiger charge is 2.25. The Morgan fingerprint density at radius 3 is 2.65 bits per heavy atom. The molecule has 26 heavy (non-hydrogen) atoms. The molecule has 0 unspecified atom stereocenters. The third-order valence-electron chi connectivity index (χ3n) is 4.32. The Morgan fingerprint density at radius 2 is 1.92 bits per heavy atom. The lowest BCUT2D eigenvalue weighted by molar-refractivity contribution is 0.102. The number of carbonyl (C=O) groups is 1. The summed E-state index contributed by atoms with van der Waals surface area (Å²) in [5.41, 5.74) is 5.96. The average molecular weight is 384 g/mol. The minimum absolute atomic E-state index is 0.183. The number of aryl methyl sites for hydroxylation is 2. The number of amides is 1. The second kappa shape index (κ2) is 6.82. The van der Waals surface area contributed by atoms with E-state index >= 15 is 0 Å². The third-order valence-corrected chi connectivity index (χ3v) is 5.53. The molecule has 2 aromatic carbocycles. The number of aromatic nitrogens is 2. The Bertz CT molecular complexity index is 992.